The number of benzene rings is 3. The van der Waals surface area contributed by atoms with Crippen molar-refractivity contribution in [2.75, 3.05) is 0 Å². The van der Waals surface area contributed by atoms with Crippen molar-refractivity contribution in [3.05, 3.63) is 76.9 Å². The number of sulfone groups is 2. The van der Waals surface area contributed by atoms with Crippen LogP contribution in [0.15, 0.2) is 74.2 Å². The zero-order valence-corrected chi connectivity index (χ0v) is 18.2. The van der Waals surface area contributed by atoms with Gasteiger partial charge in [0.25, 0.3) is 0 Å². The van der Waals surface area contributed by atoms with Crippen LogP contribution in [-0.2, 0) is 19.7 Å². The van der Waals surface area contributed by atoms with Crippen LogP contribution in [0.1, 0.15) is 22.3 Å². The molecule has 5 nitrogen and oxygen atoms in total. The molecule has 0 spiro atoms. The van der Waals surface area contributed by atoms with Gasteiger partial charge < -0.3 is 5.11 Å². The normalized spacial score (nSPS) is 12.1. The number of hydrogen-bond donors (Lipinski definition) is 1. The van der Waals surface area contributed by atoms with E-state index in [4.69, 9.17) is 0 Å². The fourth-order valence-electron chi connectivity index (χ4n) is 3.32. The molecule has 152 valence electrons. The van der Waals surface area contributed by atoms with Gasteiger partial charge in [-0.25, -0.2) is 16.8 Å². The summed E-state index contributed by atoms with van der Waals surface area (Å²) in [6, 6.07) is 13.1. The first-order valence-corrected chi connectivity index (χ1v) is 11.9. The highest BCUT2D eigenvalue weighted by Crippen LogP contribution is 2.34. The molecule has 0 atom stereocenters. The van der Waals surface area contributed by atoms with E-state index < -0.39 is 30.3 Å². The topological polar surface area (TPSA) is 88.5 Å². The maximum absolute atomic E-state index is 13.2. The van der Waals surface area contributed by atoms with E-state index in [1.165, 1.54) is 18.2 Å². The number of rotatable bonds is 4. The van der Waals surface area contributed by atoms with Gasteiger partial charge in [0.2, 0.25) is 19.7 Å². The molecule has 0 aliphatic rings. The molecule has 0 aliphatic heterocycles. The highest BCUT2D eigenvalue weighted by molar-refractivity contribution is 7.92. The van der Waals surface area contributed by atoms with E-state index in [0.717, 1.165) is 23.3 Å². The lowest BCUT2D eigenvalue weighted by molar-refractivity contribution is 0.458. The molecule has 0 aliphatic carbocycles. The fraction of sp³-hybridized carbons (Fsp3) is 0.182. The Morgan fingerprint density at radius 1 is 0.586 bits per heavy atom. The third-order valence-electron chi connectivity index (χ3n) is 4.77. The van der Waals surface area contributed by atoms with Crippen molar-refractivity contribution >= 4 is 19.7 Å². The molecule has 0 radical (unpaired) electrons. The molecular weight excluding hydrogens is 408 g/mol. The molecule has 29 heavy (non-hydrogen) atoms. The van der Waals surface area contributed by atoms with Crippen LogP contribution in [0.3, 0.4) is 0 Å². The third-order valence-corrected chi connectivity index (χ3v) is 8.63. The highest BCUT2D eigenvalue weighted by Gasteiger charge is 2.27. The number of phenolic OH excluding ortho intramolecular Hbond substituents is 1. The van der Waals surface area contributed by atoms with Crippen molar-refractivity contribution in [3.8, 4) is 5.75 Å². The van der Waals surface area contributed by atoms with E-state index in [9.17, 15) is 21.9 Å². The van der Waals surface area contributed by atoms with Crippen LogP contribution in [0, 0.1) is 27.7 Å². The third kappa shape index (κ3) is 3.80. The van der Waals surface area contributed by atoms with E-state index in [1.807, 2.05) is 13.8 Å². The highest BCUT2D eigenvalue weighted by atomic mass is 32.2. The summed E-state index contributed by atoms with van der Waals surface area (Å²) in [5.74, 6) is -0.496. The lowest BCUT2D eigenvalue weighted by Gasteiger charge is -2.13. The Morgan fingerprint density at radius 2 is 1.07 bits per heavy atom. The smallest absolute Gasteiger partial charge is 0.210 e. The lowest BCUT2D eigenvalue weighted by atomic mass is 10.2. The minimum atomic E-state index is -4.11. The second-order valence-corrected chi connectivity index (χ2v) is 11.0. The van der Waals surface area contributed by atoms with E-state index >= 15 is 0 Å². The van der Waals surface area contributed by atoms with Crippen LogP contribution in [0.25, 0.3) is 0 Å². The molecule has 0 heterocycles. The van der Waals surface area contributed by atoms with Crippen LogP contribution < -0.4 is 0 Å². The van der Waals surface area contributed by atoms with Crippen molar-refractivity contribution in [1.29, 1.82) is 0 Å². The van der Waals surface area contributed by atoms with Gasteiger partial charge in [-0.3, -0.25) is 0 Å². The predicted molar refractivity (Wildman–Crippen MR) is 111 cm³/mol. The molecule has 3 aromatic rings. The first-order chi connectivity index (χ1) is 13.4. The molecule has 7 heteroatoms. The van der Waals surface area contributed by atoms with Crippen LogP contribution in [0.5, 0.6) is 5.75 Å². The van der Waals surface area contributed by atoms with Gasteiger partial charge in [0.05, 0.1) is 14.7 Å². The average molecular weight is 431 g/mol. The number of aryl methyl sites for hydroxylation is 4. The molecular formula is C22H22O5S2. The SMILES string of the molecule is Cc1ccc(S(=O)(=O)c2ccc(O)c(S(=O)(=O)c3ccc(C)cc3C)c2)c(C)c1. The van der Waals surface area contributed by atoms with Gasteiger partial charge in [-0.05, 0) is 69.2 Å². The number of aromatic hydroxyl groups is 1. The molecule has 0 bridgehead atoms. The van der Waals surface area contributed by atoms with Crippen molar-refractivity contribution in [2.45, 2.75) is 47.3 Å². The van der Waals surface area contributed by atoms with E-state index in [-0.39, 0.29) is 14.7 Å². The fourth-order valence-corrected chi connectivity index (χ4v) is 6.50. The zero-order chi connectivity index (χ0) is 21.6. The second-order valence-electron chi connectivity index (χ2n) is 7.17. The van der Waals surface area contributed by atoms with E-state index in [1.54, 1.807) is 38.1 Å². The Bertz CT molecular complexity index is 1320. The standard InChI is InChI=1S/C22H22O5S2/c1-14-5-9-20(16(3)11-14)28(24,25)18-7-8-19(23)22(13-18)29(26,27)21-10-6-15(2)12-17(21)4/h5-13,23H,1-4H3. The Hall–Kier alpha value is -2.64. The minimum Gasteiger partial charge on any atom is -0.507 e. The summed E-state index contributed by atoms with van der Waals surface area (Å²) in [6.45, 7) is 7.05. The monoisotopic (exact) mass is 430 g/mol. The second kappa shape index (κ2) is 7.31. The molecule has 0 amide bonds. The van der Waals surface area contributed by atoms with Gasteiger partial charge in [0.1, 0.15) is 10.6 Å². The van der Waals surface area contributed by atoms with Gasteiger partial charge in [-0.1, -0.05) is 35.4 Å². The van der Waals surface area contributed by atoms with Crippen LogP contribution in [-0.4, -0.2) is 21.9 Å². The summed E-state index contributed by atoms with van der Waals surface area (Å²) < 4.78 is 52.6. The van der Waals surface area contributed by atoms with Crippen molar-refractivity contribution in [1.82, 2.24) is 0 Å². The van der Waals surface area contributed by atoms with Crippen LogP contribution >= 0.6 is 0 Å². The van der Waals surface area contributed by atoms with Gasteiger partial charge in [-0.15, -0.1) is 0 Å². The average Bonchev–Trinajstić information content (AvgIpc) is 2.61. The van der Waals surface area contributed by atoms with Crippen molar-refractivity contribution < 1.29 is 21.9 Å². The first kappa shape index (κ1) is 21.1. The first-order valence-electron chi connectivity index (χ1n) is 8.92. The Balaban J connectivity index is 2.20. The van der Waals surface area contributed by atoms with Gasteiger partial charge in [-0.2, -0.15) is 0 Å². The zero-order valence-electron chi connectivity index (χ0n) is 16.6. The van der Waals surface area contributed by atoms with Gasteiger partial charge in [0.15, 0.2) is 0 Å². The molecule has 0 saturated carbocycles. The molecule has 1 N–H and O–H groups in total. The van der Waals surface area contributed by atoms with Crippen molar-refractivity contribution in [3.63, 3.8) is 0 Å². The quantitative estimate of drug-likeness (QED) is 0.667. The summed E-state index contributed by atoms with van der Waals surface area (Å²) in [4.78, 5) is -0.496. The molecule has 0 saturated heterocycles. The van der Waals surface area contributed by atoms with Gasteiger partial charge >= 0.3 is 0 Å². The Kier molecular flexibility index (Phi) is 5.32. The maximum Gasteiger partial charge on any atom is 0.210 e. The Morgan fingerprint density at radius 3 is 1.55 bits per heavy atom. The van der Waals surface area contributed by atoms with Crippen LogP contribution in [0.4, 0.5) is 0 Å². The van der Waals surface area contributed by atoms with Crippen molar-refractivity contribution in [2.24, 2.45) is 0 Å². The number of hydrogen-bond acceptors (Lipinski definition) is 5. The summed E-state index contributed by atoms with van der Waals surface area (Å²) in [7, 11) is -8.07. The van der Waals surface area contributed by atoms with E-state index in [0.29, 0.717) is 11.1 Å². The summed E-state index contributed by atoms with van der Waals surface area (Å²) in [5, 5.41) is 10.2. The van der Waals surface area contributed by atoms with E-state index in [2.05, 4.69) is 0 Å². The van der Waals surface area contributed by atoms with Crippen LogP contribution in [0.2, 0.25) is 0 Å². The summed E-state index contributed by atoms with van der Waals surface area (Å²) in [6.07, 6.45) is 0. The largest absolute Gasteiger partial charge is 0.507 e. The predicted octanol–water partition coefficient (Wildman–Crippen LogP) is 4.29. The molecule has 0 aromatic heterocycles. The molecule has 0 fully saturated rings. The minimum absolute atomic E-state index is 0.0273. The lowest BCUT2D eigenvalue weighted by Crippen LogP contribution is -2.08. The summed E-state index contributed by atoms with van der Waals surface area (Å²) >= 11 is 0. The molecule has 3 aromatic carbocycles. The number of phenols is 1. The summed E-state index contributed by atoms with van der Waals surface area (Å²) in [5.41, 5.74) is 2.91. The maximum atomic E-state index is 13.2. The Labute approximate surface area is 171 Å². The molecule has 3 rings (SSSR count). The van der Waals surface area contributed by atoms with Gasteiger partial charge in [0, 0.05) is 0 Å². The molecule has 0 unspecified atom stereocenters.